The van der Waals surface area contributed by atoms with Crippen molar-refractivity contribution in [3.8, 4) is 0 Å². The van der Waals surface area contributed by atoms with Crippen LogP contribution in [0, 0.1) is 6.92 Å². The lowest BCUT2D eigenvalue weighted by Crippen LogP contribution is -2.51. The van der Waals surface area contributed by atoms with Gasteiger partial charge >= 0.3 is 0 Å². The molecule has 1 N–H and O–H groups in total. The standard InChI is InChI=1S/C24H31ClN2O2S/c1-5-18(4)26-24(29)22(6-2)27(15-19-9-7-8-10-21(19)25)23(28)16-30-20-13-11-17(3)12-14-20/h7-14,18,22H,5-6,15-16H2,1-4H3,(H,26,29)/t18-,22+/m1/s1. The number of halogens is 1. The molecule has 6 heteroatoms. The van der Waals surface area contributed by atoms with E-state index in [1.807, 2.05) is 70.2 Å². The van der Waals surface area contributed by atoms with Crippen LogP contribution in [0.2, 0.25) is 5.02 Å². The normalized spacial score (nSPS) is 12.8. The van der Waals surface area contributed by atoms with E-state index in [9.17, 15) is 9.59 Å². The van der Waals surface area contributed by atoms with Crippen molar-refractivity contribution >= 4 is 35.2 Å². The molecular weight excluding hydrogens is 416 g/mol. The summed E-state index contributed by atoms with van der Waals surface area (Å²) >= 11 is 7.83. The Morgan fingerprint density at radius 3 is 2.33 bits per heavy atom. The Kier molecular flexibility index (Phi) is 9.73. The van der Waals surface area contributed by atoms with E-state index in [2.05, 4.69) is 5.32 Å². The molecule has 2 rings (SSSR count). The minimum Gasteiger partial charge on any atom is -0.352 e. The summed E-state index contributed by atoms with van der Waals surface area (Å²) in [5, 5.41) is 3.62. The second kappa shape index (κ2) is 12.0. The molecule has 0 unspecified atom stereocenters. The molecule has 0 spiro atoms. The fourth-order valence-corrected chi connectivity index (χ4v) is 4.01. The number of nitrogens with one attached hydrogen (secondary N) is 1. The molecule has 0 fully saturated rings. The predicted molar refractivity (Wildman–Crippen MR) is 126 cm³/mol. The fourth-order valence-electron chi connectivity index (χ4n) is 3.03. The monoisotopic (exact) mass is 446 g/mol. The van der Waals surface area contributed by atoms with Gasteiger partial charge in [-0.25, -0.2) is 0 Å². The molecule has 162 valence electrons. The zero-order chi connectivity index (χ0) is 22.1. The number of carbonyl (C=O) groups is 2. The van der Waals surface area contributed by atoms with Crippen LogP contribution < -0.4 is 5.32 Å². The van der Waals surface area contributed by atoms with Crippen LogP contribution in [0.3, 0.4) is 0 Å². The predicted octanol–water partition coefficient (Wildman–Crippen LogP) is 5.46. The first-order chi connectivity index (χ1) is 14.3. The van der Waals surface area contributed by atoms with E-state index in [1.54, 1.807) is 11.0 Å². The molecule has 2 aromatic carbocycles. The first-order valence-electron chi connectivity index (χ1n) is 10.4. The molecule has 0 saturated heterocycles. The Morgan fingerprint density at radius 1 is 1.07 bits per heavy atom. The average Bonchev–Trinajstić information content (AvgIpc) is 2.74. The Hall–Kier alpha value is -1.98. The first kappa shape index (κ1) is 24.3. The maximum absolute atomic E-state index is 13.2. The zero-order valence-electron chi connectivity index (χ0n) is 18.2. The van der Waals surface area contributed by atoms with Gasteiger partial charge in [-0.1, -0.05) is 61.3 Å². The lowest BCUT2D eigenvalue weighted by Gasteiger charge is -2.31. The fraction of sp³-hybridized carbons (Fsp3) is 0.417. The minimum atomic E-state index is -0.540. The molecule has 0 radical (unpaired) electrons. The van der Waals surface area contributed by atoms with Crippen LogP contribution in [-0.4, -0.2) is 34.6 Å². The van der Waals surface area contributed by atoms with Crippen molar-refractivity contribution in [2.45, 2.75) is 64.1 Å². The topological polar surface area (TPSA) is 49.4 Å². The van der Waals surface area contributed by atoms with Gasteiger partial charge in [0.2, 0.25) is 11.8 Å². The first-order valence-corrected chi connectivity index (χ1v) is 11.7. The molecule has 0 saturated carbocycles. The van der Waals surface area contributed by atoms with Crippen LogP contribution in [0.4, 0.5) is 0 Å². The molecule has 0 aromatic heterocycles. The summed E-state index contributed by atoms with van der Waals surface area (Å²) in [6.45, 7) is 8.27. The van der Waals surface area contributed by atoms with Crippen molar-refractivity contribution in [1.82, 2.24) is 10.2 Å². The Bertz CT molecular complexity index is 841. The molecule has 0 aliphatic heterocycles. The van der Waals surface area contributed by atoms with E-state index in [4.69, 9.17) is 11.6 Å². The molecule has 2 atom stereocenters. The van der Waals surface area contributed by atoms with Crippen molar-refractivity contribution in [2.24, 2.45) is 0 Å². The van der Waals surface area contributed by atoms with Crippen molar-refractivity contribution in [2.75, 3.05) is 5.75 Å². The van der Waals surface area contributed by atoms with Gasteiger partial charge in [0.15, 0.2) is 0 Å². The number of benzene rings is 2. The largest absolute Gasteiger partial charge is 0.352 e. The smallest absolute Gasteiger partial charge is 0.243 e. The van der Waals surface area contributed by atoms with Crippen molar-refractivity contribution in [3.63, 3.8) is 0 Å². The van der Waals surface area contributed by atoms with E-state index in [0.29, 0.717) is 18.0 Å². The number of aryl methyl sites for hydroxylation is 1. The highest BCUT2D eigenvalue weighted by molar-refractivity contribution is 8.00. The van der Waals surface area contributed by atoms with Crippen LogP contribution >= 0.6 is 23.4 Å². The molecule has 30 heavy (non-hydrogen) atoms. The summed E-state index contributed by atoms with van der Waals surface area (Å²) < 4.78 is 0. The van der Waals surface area contributed by atoms with Gasteiger partial charge in [0, 0.05) is 22.5 Å². The Balaban J connectivity index is 2.21. The summed E-state index contributed by atoms with van der Waals surface area (Å²) in [6, 6.07) is 15.1. The summed E-state index contributed by atoms with van der Waals surface area (Å²) in [7, 11) is 0. The SMILES string of the molecule is CC[C@@H](C)NC(=O)[C@H](CC)N(Cc1ccccc1Cl)C(=O)CSc1ccc(C)cc1. The van der Waals surface area contributed by atoms with Gasteiger partial charge in [-0.3, -0.25) is 9.59 Å². The summed E-state index contributed by atoms with van der Waals surface area (Å²) in [6.07, 6.45) is 1.37. The Labute approximate surface area is 189 Å². The molecular formula is C24H31ClN2O2S. The highest BCUT2D eigenvalue weighted by Gasteiger charge is 2.29. The van der Waals surface area contributed by atoms with Gasteiger partial charge in [-0.2, -0.15) is 0 Å². The van der Waals surface area contributed by atoms with Gasteiger partial charge in [0.25, 0.3) is 0 Å². The lowest BCUT2D eigenvalue weighted by molar-refractivity contribution is -0.139. The molecule has 0 aliphatic carbocycles. The van der Waals surface area contributed by atoms with Gasteiger partial charge in [0.1, 0.15) is 6.04 Å². The number of thioether (sulfide) groups is 1. The lowest BCUT2D eigenvalue weighted by atomic mass is 10.1. The zero-order valence-corrected chi connectivity index (χ0v) is 19.7. The molecule has 2 amide bonds. The van der Waals surface area contributed by atoms with Crippen LogP contribution in [-0.2, 0) is 16.1 Å². The highest BCUT2D eigenvalue weighted by atomic mass is 35.5. The number of hydrogen-bond acceptors (Lipinski definition) is 3. The average molecular weight is 447 g/mol. The molecule has 0 aliphatic rings. The summed E-state index contributed by atoms with van der Waals surface area (Å²) in [4.78, 5) is 28.9. The molecule has 0 heterocycles. The summed E-state index contributed by atoms with van der Waals surface area (Å²) in [5.41, 5.74) is 2.02. The number of rotatable bonds is 10. The molecule has 4 nitrogen and oxygen atoms in total. The van der Waals surface area contributed by atoms with Gasteiger partial charge in [-0.05, 0) is 50.5 Å². The maximum atomic E-state index is 13.2. The highest BCUT2D eigenvalue weighted by Crippen LogP contribution is 2.23. The number of amides is 2. The van der Waals surface area contributed by atoms with Crippen molar-refractivity contribution < 1.29 is 9.59 Å². The van der Waals surface area contributed by atoms with E-state index in [0.717, 1.165) is 16.9 Å². The maximum Gasteiger partial charge on any atom is 0.243 e. The van der Waals surface area contributed by atoms with E-state index in [-0.39, 0.29) is 23.6 Å². The van der Waals surface area contributed by atoms with Crippen molar-refractivity contribution in [1.29, 1.82) is 0 Å². The second-order valence-electron chi connectivity index (χ2n) is 7.46. The third-order valence-electron chi connectivity index (χ3n) is 5.07. The third-order valence-corrected chi connectivity index (χ3v) is 6.43. The van der Waals surface area contributed by atoms with E-state index >= 15 is 0 Å². The number of hydrogen-bond donors (Lipinski definition) is 1. The van der Waals surface area contributed by atoms with Gasteiger partial charge < -0.3 is 10.2 Å². The number of nitrogens with zero attached hydrogens (tertiary/aromatic N) is 1. The summed E-state index contributed by atoms with van der Waals surface area (Å²) in [5.74, 6) is 0.0694. The quantitative estimate of drug-likeness (QED) is 0.493. The van der Waals surface area contributed by atoms with E-state index < -0.39 is 6.04 Å². The molecule has 0 bridgehead atoms. The number of carbonyl (C=O) groups excluding carboxylic acids is 2. The second-order valence-corrected chi connectivity index (χ2v) is 8.91. The van der Waals surface area contributed by atoms with Crippen molar-refractivity contribution in [3.05, 3.63) is 64.7 Å². The van der Waals surface area contributed by atoms with Gasteiger partial charge in [-0.15, -0.1) is 11.8 Å². The van der Waals surface area contributed by atoms with E-state index in [1.165, 1.54) is 17.3 Å². The third kappa shape index (κ3) is 7.06. The van der Waals surface area contributed by atoms with Crippen LogP contribution in [0.5, 0.6) is 0 Å². The molecule has 2 aromatic rings. The minimum absolute atomic E-state index is 0.0609. The van der Waals surface area contributed by atoms with Crippen LogP contribution in [0.1, 0.15) is 44.7 Å². The van der Waals surface area contributed by atoms with Gasteiger partial charge in [0.05, 0.1) is 5.75 Å². The van der Waals surface area contributed by atoms with Crippen LogP contribution in [0.25, 0.3) is 0 Å². The Morgan fingerprint density at radius 2 is 1.73 bits per heavy atom. The van der Waals surface area contributed by atoms with Crippen LogP contribution in [0.15, 0.2) is 53.4 Å².